The van der Waals surface area contributed by atoms with Crippen LogP contribution in [-0.2, 0) is 14.8 Å². The monoisotopic (exact) mass is 360 g/mol. The molecule has 0 aromatic heterocycles. The Morgan fingerprint density at radius 3 is 2.48 bits per heavy atom. The van der Waals surface area contributed by atoms with Gasteiger partial charge in [-0.15, -0.1) is 0 Å². The fourth-order valence-corrected chi connectivity index (χ4v) is 3.01. The molecule has 0 aliphatic heterocycles. The van der Waals surface area contributed by atoms with Crippen molar-refractivity contribution in [3.8, 4) is 0 Å². The Kier molecular flexibility index (Phi) is 7.51. The van der Waals surface area contributed by atoms with Gasteiger partial charge in [0.25, 0.3) is 0 Å². The summed E-state index contributed by atoms with van der Waals surface area (Å²) in [5.74, 6) is 0.172. The maximum Gasteiger partial charge on any atom is 0.225 e. The second-order valence-corrected chi connectivity index (χ2v) is 8.50. The molecule has 0 heterocycles. The molecule has 1 amide bonds. The molecule has 0 atom stereocenters. The summed E-state index contributed by atoms with van der Waals surface area (Å²) in [7, 11) is -3.31. The predicted octanol–water partition coefficient (Wildman–Crippen LogP) is 3.28. The van der Waals surface area contributed by atoms with Crippen molar-refractivity contribution in [2.45, 2.75) is 33.6 Å². The summed E-state index contributed by atoms with van der Waals surface area (Å²) in [4.78, 5) is 12.0. The Labute approximate surface area is 144 Å². The van der Waals surface area contributed by atoms with E-state index < -0.39 is 10.0 Å². The van der Waals surface area contributed by atoms with Crippen molar-refractivity contribution in [1.29, 1.82) is 0 Å². The van der Waals surface area contributed by atoms with E-state index in [2.05, 4.69) is 5.32 Å². The molecular formula is C16H25ClN2O3S. The molecule has 130 valence electrons. The van der Waals surface area contributed by atoms with Crippen molar-refractivity contribution >= 4 is 33.2 Å². The number of nitrogens with one attached hydrogen (secondary N) is 1. The first-order chi connectivity index (χ1) is 10.6. The topological polar surface area (TPSA) is 66.5 Å². The van der Waals surface area contributed by atoms with Crippen molar-refractivity contribution in [3.63, 3.8) is 0 Å². The van der Waals surface area contributed by atoms with Crippen LogP contribution in [0.25, 0.3) is 0 Å². The number of anilines is 1. The molecular weight excluding hydrogens is 336 g/mol. The van der Waals surface area contributed by atoms with E-state index in [0.717, 1.165) is 12.0 Å². The SMILES string of the molecule is Cc1ccc(NC(=O)CCN(CCC(C)C)S(C)(=O)=O)cc1Cl. The first kappa shape index (κ1) is 19.9. The summed E-state index contributed by atoms with van der Waals surface area (Å²) in [5, 5.41) is 3.32. The van der Waals surface area contributed by atoms with E-state index in [0.29, 0.717) is 23.2 Å². The lowest BCUT2D eigenvalue weighted by Gasteiger charge is -2.20. The number of benzene rings is 1. The van der Waals surface area contributed by atoms with Crippen LogP contribution in [0.5, 0.6) is 0 Å². The number of carbonyl (C=O) groups excluding carboxylic acids is 1. The summed E-state index contributed by atoms with van der Waals surface area (Å²) >= 11 is 6.02. The lowest BCUT2D eigenvalue weighted by molar-refractivity contribution is -0.116. The number of hydrogen-bond donors (Lipinski definition) is 1. The van der Waals surface area contributed by atoms with Gasteiger partial charge in [-0.2, -0.15) is 0 Å². The lowest BCUT2D eigenvalue weighted by atomic mass is 10.1. The molecule has 5 nitrogen and oxygen atoms in total. The number of amides is 1. The molecule has 0 spiro atoms. The van der Waals surface area contributed by atoms with Crippen LogP contribution < -0.4 is 5.32 Å². The zero-order chi connectivity index (χ0) is 17.6. The minimum Gasteiger partial charge on any atom is -0.326 e. The first-order valence-electron chi connectivity index (χ1n) is 7.60. The third-order valence-corrected chi connectivity index (χ3v) is 5.18. The molecule has 1 aromatic rings. The van der Waals surface area contributed by atoms with Crippen molar-refractivity contribution < 1.29 is 13.2 Å². The number of sulfonamides is 1. The maximum absolute atomic E-state index is 12.0. The van der Waals surface area contributed by atoms with Crippen LogP contribution in [0.4, 0.5) is 5.69 Å². The minimum atomic E-state index is -3.31. The zero-order valence-corrected chi connectivity index (χ0v) is 15.7. The fraction of sp³-hybridized carbons (Fsp3) is 0.562. The van der Waals surface area contributed by atoms with Gasteiger partial charge in [0.05, 0.1) is 6.26 Å². The standard InChI is InChI=1S/C16H25ClN2O3S/c1-12(2)7-9-19(23(4,21)22)10-8-16(20)18-14-6-5-13(3)15(17)11-14/h5-6,11-12H,7-10H2,1-4H3,(H,18,20). The lowest BCUT2D eigenvalue weighted by Crippen LogP contribution is -2.34. The fourth-order valence-electron chi connectivity index (χ4n) is 1.97. The van der Waals surface area contributed by atoms with Crippen LogP contribution >= 0.6 is 11.6 Å². The van der Waals surface area contributed by atoms with E-state index in [1.807, 2.05) is 26.8 Å². The predicted molar refractivity (Wildman–Crippen MR) is 95.3 cm³/mol. The van der Waals surface area contributed by atoms with Gasteiger partial charge in [-0.3, -0.25) is 4.79 Å². The number of halogens is 1. The molecule has 0 radical (unpaired) electrons. The normalized spacial score (nSPS) is 12.0. The van der Waals surface area contributed by atoms with E-state index in [1.165, 1.54) is 10.6 Å². The highest BCUT2D eigenvalue weighted by molar-refractivity contribution is 7.88. The van der Waals surface area contributed by atoms with Crippen molar-refractivity contribution in [1.82, 2.24) is 4.31 Å². The number of hydrogen-bond acceptors (Lipinski definition) is 3. The van der Waals surface area contributed by atoms with Crippen molar-refractivity contribution in [3.05, 3.63) is 28.8 Å². The second-order valence-electron chi connectivity index (χ2n) is 6.11. The van der Waals surface area contributed by atoms with Gasteiger partial charge >= 0.3 is 0 Å². The number of nitrogens with zero attached hydrogens (tertiary/aromatic N) is 1. The van der Waals surface area contributed by atoms with Crippen LogP contribution in [-0.4, -0.2) is 38.0 Å². The van der Waals surface area contributed by atoms with E-state index in [4.69, 9.17) is 11.6 Å². The second kappa shape index (κ2) is 8.66. The molecule has 0 aliphatic rings. The molecule has 1 rings (SSSR count). The Morgan fingerprint density at radius 2 is 1.96 bits per heavy atom. The van der Waals surface area contributed by atoms with Crippen LogP contribution in [0.3, 0.4) is 0 Å². The third kappa shape index (κ3) is 7.33. The minimum absolute atomic E-state index is 0.108. The Hall–Kier alpha value is -1.11. The molecule has 0 saturated carbocycles. The average Bonchev–Trinajstić information content (AvgIpc) is 2.41. The van der Waals surface area contributed by atoms with E-state index >= 15 is 0 Å². The average molecular weight is 361 g/mol. The summed E-state index contributed by atoms with van der Waals surface area (Å²) in [6, 6.07) is 5.28. The largest absolute Gasteiger partial charge is 0.326 e. The Balaban J connectivity index is 2.59. The van der Waals surface area contributed by atoms with Gasteiger partial charge in [0.1, 0.15) is 0 Å². The Bertz CT molecular complexity index is 645. The molecule has 0 unspecified atom stereocenters. The zero-order valence-electron chi connectivity index (χ0n) is 14.1. The van der Waals surface area contributed by atoms with Gasteiger partial charge in [-0.25, -0.2) is 12.7 Å². The van der Waals surface area contributed by atoms with Crippen molar-refractivity contribution in [2.24, 2.45) is 5.92 Å². The van der Waals surface area contributed by atoms with E-state index in [1.54, 1.807) is 12.1 Å². The molecule has 0 bridgehead atoms. The number of carbonyl (C=O) groups is 1. The van der Waals surface area contributed by atoms with Gasteiger partial charge in [-0.05, 0) is 37.0 Å². The number of aryl methyl sites for hydroxylation is 1. The maximum atomic E-state index is 12.0. The molecule has 23 heavy (non-hydrogen) atoms. The quantitative estimate of drug-likeness (QED) is 0.773. The molecule has 0 saturated heterocycles. The van der Waals surface area contributed by atoms with Gasteiger partial charge in [0.15, 0.2) is 0 Å². The van der Waals surface area contributed by atoms with Crippen LogP contribution in [0.15, 0.2) is 18.2 Å². The molecule has 1 N–H and O–H groups in total. The van der Waals surface area contributed by atoms with Gasteiger partial charge < -0.3 is 5.32 Å². The van der Waals surface area contributed by atoms with Gasteiger partial charge in [-0.1, -0.05) is 31.5 Å². The smallest absolute Gasteiger partial charge is 0.225 e. The summed E-state index contributed by atoms with van der Waals surface area (Å²) < 4.78 is 24.9. The van der Waals surface area contributed by atoms with Gasteiger partial charge in [0, 0.05) is 30.2 Å². The van der Waals surface area contributed by atoms with Crippen LogP contribution in [0.1, 0.15) is 32.3 Å². The molecule has 1 aromatic carbocycles. The van der Waals surface area contributed by atoms with Gasteiger partial charge in [0.2, 0.25) is 15.9 Å². The molecule has 0 aliphatic carbocycles. The third-order valence-electron chi connectivity index (χ3n) is 3.47. The molecule has 0 fully saturated rings. The summed E-state index contributed by atoms with van der Waals surface area (Å²) in [6.07, 6.45) is 2.05. The van der Waals surface area contributed by atoms with Crippen LogP contribution in [0.2, 0.25) is 5.02 Å². The van der Waals surface area contributed by atoms with Crippen LogP contribution in [0, 0.1) is 12.8 Å². The summed E-state index contributed by atoms with van der Waals surface area (Å²) in [6.45, 7) is 6.56. The number of rotatable bonds is 8. The highest BCUT2D eigenvalue weighted by Crippen LogP contribution is 2.20. The van der Waals surface area contributed by atoms with Crippen molar-refractivity contribution in [2.75, 3.05) is 24.7 Å². The van der Waals surface area contributed by atoms with E-state index in [-0.39, 0.29) is 18.9 Å². The Morgan fingerprint density at radius 1 is 1.30 bits per heavy atom. The highest BCUT2D eigenvalue weighted by Gasteiger charge is 2.18. The first-order valence-corrected chi connectivity index (χ1v) is 9.83. The molecule has 7 heteroatoms. The summed E-state index contributed by atoms with van der Waals surface area (Å²) in [5.41, 5.74) is 1.54. The highest BCUT2D eigenvalue weighted by atomic mass is 35.5. The van der Waals surface area contributed by atoms with E-state index in [9.17, 15) is 13.2 Å².